The Labute approximate surface area is 144 Å². The quantitative estimate of drug-likeness (QED) is 0.802. The van der Waals surface area contributed by atoms with Crippen LogP contribution in [0.3, 0.4) is 0 Å². The number of carbonyl (C=O) groups is 1. The average molecular weight is 332 g/mol. The number of amides is 1. The first kappa shape index (κ1) is 17.1. The summed E-state index contributed by atoms with van der Waals surface area (Å²) < 4.78 is 10.6. The van der Waals surface area contributed by atoms with Crippen LogP contribution in [0.4, 0.5) is 0 Å². The van der Waals surface area contributed by atoms with Gasteiger partial charge in [0.1, 0.15) is 0 Å². The number of hydrogen-bond donors (Lipinski definition) is 0. The Morgan fingerprint density at radius 2 is 1.83 bits per heavy atom. The van der Waals surface area contributed by atoms with E-state index in [4.69, 9.17) is 9.47 Å². The molecule has 0 unspecified atom stereocenters. The second-order valence-corrected chi connectivity index (χ2v) is 6.76. The monoisotopic (exact) mass is 332 g/mol. The Hall–Kier alpha value is -1.75. The van der Waals surface area contributed by atoms with Gasteiger partial charge in [0.2, 0.25) is 5.91 Å². The van der Waals surface area contributed by atoms with Gasteiger partial charge in [-0.2, -0.15) is 0 Å². The molecule has 3 rings (SSSR count). The van der Waals surface area contributed by atoms with E-state index in [1.807, 2.05) is 18.2 Å². The Morgan fingerprint density at radius 3 is 2.54 bits per heavy atom. The molecule has 0 radical (unpaired) electrons. The molecule has 2 saturated heterocycles. The van der Waals surface area contributed by atoms with E-state index in [0.29, 0.717) is 24.0 Å². The van der Waals surface area contributed by atoms with E-state index in [-0.39, 0.29) is 5.91 Å². The molecule has 0 saturated carbocycles. The third-order valence-electron chi connectivity index (χ3n) is 5.17. The number of likely N-dealkylation sites (tertiary alicyclic amines) is 2. The highest BCUT2D eigenvalue weighted by molar-refractivity contribution is 5.79. The zero-order valence-electron chi connectivity index (χ0n) is 14.8. The highest BCUT2D eigenvalue weighted by Gasteiger charge is 2.30. The van der Waals surface area contributed by atoms with Gasteiger partial charge < -0.3 is 19.3 Å². The number of rotatable bonds is 6. The number of hydrogen-bond acceptors (Lipinski definition) is 4. The molecule has 2 aliphatic heterocycles. The number of carbonyl (C=O) groups excluding carboxylic acids is 1. The third kappa shape index (κ3) is 3.83. The molecule has 5 nitrogen and oxygen atoms in total. The Bertz CT molecular complexity index is 570. The van der Waals surface area contributed by atoms with Crippen molar-refractivity contribution >= 4 is 5.91 Å². The highest BCUT2D eigenvalue weighted by Crippen LogP contribution is 2.28. The van der Waals surface area contributed by atoms with Crippen LogP contribution in [0, 0.1) is 0 Å². The van der Waals surface area contributed by atoms with E-state index in [0.717, 1.165) is 31.5 Å². The zero-order valence-corrected chi connectivity index (χ0v) is 14.8. The van der Waals surface area contributed by atoms with Gasteiger partial charge in [-0.05, 0) is 56.5 Å². The van der Waals surface area contributed by atoms with E-state index in [1.54, 1.807) is 14.2 Å². The SMILES string of the molecule is COc1ccc(CC(=O)N2CCC[C@@H]2CN2CCCC2)cc1OC. The molecule has 1 aromatic rings. The molecular formula is C19H28N2O3. The molecule has 1 aromatic carbocycles. The maximum atomic E-state index is 12.8. The standard InChI is InChI=1S/C19H28N2O3/c1-23-17-8-7-15(12-18(17)24-2)13-19(22)21-11-5-6-16(21)14-20-9-3-4-10-20/h7-8,12,16H,3-6,9-11,13-14H2,1-2H3/t16-/m1/s1. The van der Waals surface area contributed by atoms with Crippen molar-refractivity contribution < 1.29 is 14.3 Å². The van der Waals surface area contributed by atoms with Crippen molar-refractivity contribution in [3.63, 3.8) is 0 Å². The van der Waals surface area contributed by atoms with Gasteiger partial charge in [0, 0.05) is 19.1 Å². The second kappa shape index (κ2) is 7.88. The molecule has 5 heteroatoms. The summed E-state index contributed by atoms with van der Waals surface area (Å²) in [5, 5.41) is 0. The summed E-state index contributed by atoms with van der Waals surface area (Å²) in [5.41, 5.74) is 0.976. The molecule has 0 N–H and O–H groups in total. The average Bonchev–Trinajstić information content (AvgIpc) is 3.27. The van der Waals surface area contributed by atoms with Crippen LogP contribution in [-0.4, -0.2) is 62.1 Å². The molecule has 2 heterocycles. The van der Waals surface area contributed by atoms with Crippen LogP contribution in [0.2, 0.25) is 0 Å². The van der Waals surface area contributed by atoms with Crippen LogP contribution in [0.15, 0.2) is 18.2 Å². The first-order chi connectivity index (χ1) is 11.7. The van der Waals surface area contributed by atoms with Crippen LogP contribution in [-0.2, 0) is 11.2 Å². The van der Waals surface area contributed by atoms with Crippen molar-refractivity contribution in [2.75, 3.05) is 40.4 Å². The fourth-order valence-corrected chi connectivity index (χ4v) is 3.88. The van der Waals surface area contributed by atoms with Crippen molar-refractivity contribution in [3.8, 4) is 11.5 Å². The predicted octanol–water partition coefficient (Wildman–Crippen LogP) is 2.33. The summed E-state index contributed by atoms with van der Waals surface area (Å²) >= 11 is 0. The van der Waals surface area contributed by atoms with E-state index in [2.05, 4.69) is 9.80 Å². The zero-order chi connectivity index (χ0) is 16.9. The summed E-state index contributed by atoms with van der Waals surface area (Å²) in [6.07, 6.45) is 5.28. The summed E-state index contributed by atoms with van der Waals surface area (Å²) in [5.74, 6) is 1.60. The molecule has 0 bridgehead atoms. The molecule has 0 spiro atoms. The summed E-state index contributed by atoms with van der Waals surface area (Å²) in [6.45, 7) is 4.31. The third-order valence-corrected chi connectivity index (χ3v) is 5.17. The predicted molar refractivity (Wildman–Crippen MR) is 93.7 cm³/mol. The fraction of sp³-hybridized carbons (Fsp3) is 0.632. The van der Waals surface area contributed by atoms with Crippen molar-refractivity contribution in [2.45, 2.75) is 38.1 Å². The van der Waals surface area contributed by atoms with Crippen molar-refractivity contribution in [2.24, 2.45) is 0 Å². The minimum absolute atomic E-state index is 0.226. The molecule has 132 valence electrons. The first-order valence-corrected chi connectivity index (χ1v) is 8.94. The first-order valence-electron chi connectivity index (χ1n) is 8.94. The van der Waals surface area contributed by atoms with Gasteiger partial charge in [-0.3, -0.25) is 4.79 Å². The molecular weight excluding hydrogens is 304 g/mol. The van der Waals surface area contributed by atoms with Crippen molar-refractivity contribution in [3.05, 3.63) is 23.8 Å². The number of ether oxygens (including phenoxy) is 2. The molecule has 2 fully saturated rings. The lowest BCUT2D eigenvalue weighted by Crippen LogP contribution is -2.43. The smallest absolute Gasteiger partial charge is 0.227 e. The summed E-state index contributed by atoms with van der Waals surface area (Å²) in [6, 6.07) is 6.11. The molecule has 1 atom stereocenters. The summed E-state index contributed by atoms with van der Waals surface area (Å²) in [7, 11) is 3.24. The van der Waals surface area contributed by atoms with Crippen LogP contribution in [0.25, 0.3) is 0 Å². The second-order valence-electron chi connectivity index (χ2n) is 6.76. The minimum atomic E-state index is 0.226. The van der Waals surface area contributed by atoms with Gasteiger partial charge in [-0.1, -0.05) is 6.07 Å². The Morgan fingerprint density at radius 1 is 1.08 bits per heavy atom. The van der Waals surface area contributed by atoms with Crippen LogP contribution in [0.5, 0.6) is 11.5 Å². The molecule has 24 heavy (non-hydrogen) atoms. The van der Waals surface area contributed by atoms with Crippen LogP contribution >= 0.6 is 0 Å². The highest BCUT2D eigenvalue weighted by atomic mass is 16.5. The van der Waals surface area contributed by atoms with Gasteiger partial charge in [-0.25, -0.2) is 0 Å². The van der Waals surface area contributed by atoms with Crippen LogP contribution < -0.4 is 9.47 Å². The van der Waals surface area contributed by atoms with Crippen molar-refractivity contribution in [1.82, 2.24) is 9.80 Å². The van der Waals surface area contributed by atoms with Crippen LogP contribution in [0.1, 0.15) is 31.2 Å². The van der Waals surface area contributed by atoms with E-state index in [1.165, 1.54) is 25.9 Å². The van der Waals surface area contributed by atoms with E-state index >= 15 is 0 Å². The summed E-state index contributed by atoms with van der Waals surface area (Å²) in [4.78, 5) is 17.4. The number of benzene rings is 1. The lowest BCUT2D eigenvalue weighted by Gasteiger charge is -2.28. The lowest BCUT2D eigenvalue weighted by molar-refractivity contribution is -0.131. The van der Waals surface area contributed by atoms with E-state index < -0.39 is 0 Å². The molecule has 1 amide bonds. The van der Waals surface area contributed by atoms with Gasteiger partial charge in [0.05, 0.1) is 20.6 Å². The molecule has 0 aromatic heterocycles. The lowest BCUT2D eigenvalue weighted by atomic mass is 10.1. The van der Waals surface area contributed by atoms with Gasteiger partial charge in [-0.15, -0.1) is 0 Å². The maximum Gasteiger partial charge on any atom is 0.227 e. The van der Waals surface area contributed by atoms with Gasteiger partial charge in [0.15, 0.2) is 11.5 Å². The molecule has 2 aliphatic rings. The Kier molecular flexibility index (Phi) is 5.61. The number of nitrogens with zero attached hydrogens (tertiary/aromatic N) is 2. The molecule has 0 aliphatic carbocycles. The number of methoxy groups -OCH3 is 2. The normalized spacial score (nSPS) is 21.2. The largest absolute Gasteiger partial charge is 0.493 e. The van der Waals surface area contributed by atoms with E-state index in [9.17, 15) is 4.79 Å². The minimum Gasteiger partial charge on any atom is -0.493 e. The Balaban J connectivity index is 1.63. The maximum absolute atomic E-state index is 12.8. The topological polar surface area (TPSA) is 42.0 Å². The van der Waals surface area contributed by atoms with Gasteiger partial charge in [0.25, 0.3) is 0 Å². The van der Waals surface area contributed by atoms with Crippen molar-refractivity contribution in [1.29, 1.82) is 0 Å². The fourth-order valence-electron chi connectivity index (χ4n) is 3.88. The van der Waals surface area contributed by atoms with Gasteiger partial charge >= 0.3 is 0 Å².